The van der Waals surface area contributed by atoms with Crippen LogP contribution >= 0.6 is 0 Å². The Balaban J connectivity index is 1.94. The van der Waals surface area contributed by atoms with E-state index < -0.39 is 9.84 Å². The van der Waals surface area contributed by atoms with E-state index in [1.165, 1.54) is 0 Å². The van der Waals surface area contributed by atoms with Crippen LogP contribution in [0.25, 0.3) is 0 Å². The van der Waals surface area contributed by atoms with Crippen molar-refractivity contribution in [3.05, 3.63) is 29.8 Å². The molecule has 1 aromatic rings. The van der Waals surface area contributed by atoms with Crippen LogP contribution in [0.3, 0.4) is 0 Å². The van der Waals surface area contributed by atoms with Crippen LogP contribution in [0.2, 0.25) is 0 Å². The molecule has 1 fully saturated rings. The molecule has 1 saturated heterocycles. The van der Waals surface area contributed by atoms with E-state index in [1.54, 1.807) is 24.3 Å². The molecule has 0 amide bonds. The molecule has 4 nitrogen and oxygen atoms in total. The summed E-state index contributed by atoms with van der Waals surface area (Å²) in [5.41, 5.74) is 0.939. The van der Waals surface area contributed by atoms with Crippen molar-refractivity contribution in [3.8, 4) is 5.75 Å². The van der Waals surface area contributed by atoms with Crippen LogP contribution in [0.5, 0.6) is 5.75 Å². The Hall–Kier alpha value is -1.07. The van der Waals surface area contributed by atoms with Gasteiger partial charge < -0.3 is 10.4 Å². The molecular formula is C11H15NO3S. The van der Waals surface area contributed by atoms with Crippen LogP contribution in [0, 0.1) is 0 Å². The fourth-order valence-electron chi connectivity index (χ4n) is 1.61. The van der Waals surface area contributed by atoms with E-state index in [0.717, 1.165) is 5.56 Å². The lowest BCUT2D eigenvalue weighted by Gasteiger charge is -2.26. The third kappa shape index (κ3) is 2.54. The Morgan fingerprint density at radius 2 is 1.88 bits per heavy atom. The first-order chi connectivity index (χ1) is 7.58. The molecule has 0 radical (unpaired) electrons. The van der Waals surface area contributed by atoms with E-state index in [2.05, 4.69) is 5.32 Å². The largest absolute Gasteiger partial charge is 0.508 e. The molecule has 88 valence electrons. The second kappa shape index (κ2) is 4.43. The van der Waals surface area contributed by atoms with E-state index in [-0.39, 0.29) is 16.8 Å². The van der Waals surface area contributed by atoms with Crippen molar-refractivity contribution in [3.63, 3.8) is 0 Å². The maximum atomic E-state index is 11.8. The number of rotatable bonds is 4. The van der Waals surface area contributed by atoms with Crippen LogP contribution < -0.4 is 5.32 Å². The molecule has 1 aliphatic heterocycles. The summed E-state index contributed by atoms with van der Waals surface area (Å²) in [7, 11) is -2.96. The van der Waals surface area contributed by atoms with Gasteiger partial charge in [-0.05, 0) is 24.1 Å². The molecule has 0 saturated carbocycles. The number of hydrogen-bond donors (Lipinski definition) is 2. The summed E-state index contributed by atoms with van der Waals surface area (Å²) >= 11 is 0. The number of sulfone groups is 1. The van der Waals surface area contributed by atoms with Crippen molar-refractivity contribution in [2.75, 3.05) is 18.8 Å². The van der Waals surface area contributed by atoms with Crippen LogP contribution in [0.1, 0.15) is 5.56 Å². The van der Waals surface area contributed by atoms with Crippen LogP contribution in [-0.2, 0) is 16.3 Å². The van der Waals surface area contributed by atoms with Gasteiger partial charge in [-0.15, -0.1) is 0 Å². The zero-order valence-electron chi connectivity index (χ0n) is 8.89. The zero-order chi connectivity index (χ0) is 11.6. The van der Waals surface area contributed by atoms with E-state index in [1.807, 2.05) is 0 Å². The molecular weight excluding hydrogens is 226 g/mol. The molecule has 2 rings (SSSR count). The van der Waals surface area contributed by atoms with Gasteiger partial charge in [0.05, 0.1) is 11.0 Å². The number of hydrogen-bond acceptors (Lipinski definition) is 4. The molecule has 1 heterocycles. The van der Waals surface area contributed by atoms with Gasteiger partial charge in [0.15, 0.2) is 9.84 Å². The molecule has 0 spiro atoms. The van der Waals surface area contributed by atoms with Gasteiger partial charge in [0.25, 0.3) is 0 Å². The second-order valence-corrected chi connectivity index (χ2v) is 6.46. The van der Waals surface area contributed by atoms with Crippen molar-refractivity contribution in [2.24, 2.45) is 0 Å². The lowest BCUT2D eigenvalue weighted by molar-refractivity contribution is 0.475. The Morgan fingerprint density at radius 3 is 2.38 bits per heavy atom. The first-order valence-corrected chi connectivity index (χ1v) is 7.00. The van der Waals surface area contributed by atoms with Crippen LogP contribution in [0.15, 0.2) is 24.3 Å². The SMILES string of the molecule is O=S(=O)(CCc1ccc(O)cc1)C1CNC1. The average molecular weight is 241 g/mol. The van der Waals surface area contributed by atoms with Crippen molar-refractivity contribution in [2.45, 2.75) is 11.7 Å². The third-order valence-corrected chi connectivity index (χ3v) is 4.99. The highest BCUT2D eigenvalue weighted by molar-refractivity contribution is 7.92. The molecule has 0 atom stereocenters. The topological polar surface area (TPSA) is 66.4 Å². The van der Waals surface area contributed by atoms with Gasteiger partial charge in [-0.2, -0.15) is 0 Å². The third-order valence-electron chi connectivity index (χ3n) is 2.86. The summed E-state index contributed by atoms with van der Waals surface area (Å²) in [6.45, 7) is 1.16. The number of phenolic OH excluding ortho intramolecular Hbond substituents is 1. The number of nitrogens with one attached hydrogen (secondary N) is 1. The quantitative estimate of drug-likeness (QED) is 0.797. The fraction of sp³-hybridized carbons (Fsp3) is 0.455. The molecule has 0 aromatic heterocycles. The minimum Gasteiger partial charge on any atom is -0.508 e. The average Bonchev–Trinajstić information content (AvgIpc) is 2.13. The first kappa shape index (κ1) is 11.4. The number of benzene rings is 1. The predicted octanol–water partition coefficient (Wildman–Crippen LogP) is 0.321. The molecule has 1 aromatic carbocycles. The molecule has 1 aliphatic rings. The van der Waals surface area contributed by atoms with Crippen molar-refractivity contribution < 1.29 is 13.5 Å². The number of aryl methyl sites for hydroxylation is 1. The van der Waals surface area contributed by atoms with Gasteiger partial charge >= 0.3 is 0 Å². The van der Waals surface area contributed by atoms with Gasteiger partial charge in [0.1, 0.15) is 5.75 Å². The van der Waals surface area contributed by atoms with Gasteiger partial charge in [-0.25, -0.2) is 8.42 Å². The van der Waals surface area contributed by atoms with E-state index >= 15 is 0 Å². The highest BCUT2D eigenvalue weighted by atomic mass is 32.2. The lowest BCUT2D eigenvalue weighted by atomic mass is 10.2. The van der Waals surface area contributed by atoms with Crippen molar-refractivity contribution in [1.82, 2.24) is 5.32 Å². The number of aromatic hydroxyl groups is 1. The molecule has 0 unspecified atom stereocenters. The standard InChI is InChI=1S/C11H15NO3S/c13-10-3-1-9(2-4-10)5-6-16(14,15)11-7-12-8-11/h1-4,11-13H,5-8H2. The van der Waals surface area contributed by atoms with E-state index in [0.29, 0.717) is 19.5 Å². The summed E-state index contributed by atoms with van der Waals surface area (Å²) in [6, 6.07) is 6.66. The van der Waals surface area contributed by atoms with Gasteiger partial charge in [0, 0.05) is 13.1 Å². The fourth-order valence-corrected chi connectivity index (χ4v) is 3.20. The molecule has 0 bridgehead atoms. The second-order valence-electron chi connectivity index (χ2n) is 4.06. The Labute approximate surface area is 95.2 Å². The summed E-state index contributed by atoms with van der Waals surface area (Å²) in [5.74, 6) is 0.388. The van der Waals surface area contributed by atoms with E-state index in [9.17, 15) is 8.42 Å². The summed E-state index contributed by atoms with van der Waals surface area (Å²) in [5, 5.41) is 11.9. The smallest absolute Gasteiger partial charge is 0.155 e. The normalized spacial score (nSPS) is 17.0. The maximum absolute atomic E-state index is 11.8. The predicted molar refractivity (Wildman–Crippen MR) is 62.3 cm³/mol. The summed E-state index contributed by atoms with van der Waals surface area (Å²) < 4.78 is 23.5. The molecule has 5 heteroatoms. The first-order valence-electron chi connectivity index (χ1n) is 5.28. The summed E-state index contributed by atoms with van der Waals surface area (Å²) in [4.78, 5) is 0. The minimum absolute atomic E-state index is 0.185. The van der Waals surface area contributed by atoms with Crippen LogP contribution in [-0.4, -0.2) is 37.6 Å². The molecule has 0 aliphatic carbocycles. The highest BCUT2D eigenvalue weighted by Crippen LogP contribution is 2.13. The zero-order valence-corrected chi connectivity index (χ0v) is 9.70. The molecule has 16 heavy (non-hydrogen) atoms. The van der Waals surface area contributed by atoms with Gasteiger partial charge in [-0.3, -0.25) is 0 Å². The summed E-state index contributed by atoms with van der Waals surface area (Å²) in [6.07, 6.45) is 0.513. The Morgan fingerprint density at radius 1 is 1.25 bits per heavy atom. The van der Waals surface area contributed by atoms with Crippen molar-refractivity contribution >= 4 is 9.84 Å². The number of phenols is 1. The maximum Gasteiger partial charge on any atom is 0.155 e. The Bertz CT molecular complexity index is 449. The Kier molecular flexibility index (Phi) is 3.16. The highest BCUT2D eigenvalue weighted by Gasteiger charge is 2.30. The lowest BCUT2D eigenvalue weighted by Crippen LogP contribution is -2.52. The van der Waals surface area contributed by atoms with Crippen molar-refractivity contribution in [1.29, 1.82) is 0 Å². The van der Waals surface area contributed by atoms with E-state index in [4.69, 9.17) is 5.11 Å². The van der Waals surface area contributed by atoms with Gasteiger partial charge in [0.2, 0.25) is 0 Å². The van der Waals surface area contributed by atoms with Gasteiger partial charge in [-0.1, -0.05) is 12.1 Å². The monoisotopic (exact) mass is 241 g/mol. The minimum atomic E-state index is -2.96. The van der Waals surface area contributed by atoms with Crippen LogP contribution in [0.4, 0.5) is 0 Å². The molecule has 2 N–H and O–H groups in total.